The molecule has 13 heavy (non-hydrogen) atoms. The normalized spacial score (nSPS) is 11.7. The average molecular weight is 219 g/mol. The Kier molecular flexibility index (Phi) is 3.59. The quantitative estimate of drug-likeness (QED) is 0.812. The van der Waals surface area contributed by atoms with Crippen molar-refractivity contribution in [1.29, 1.82) is 0 Å². The van der Waals surface area contributed by atoms with Crippen molar-refractivity contribution in [1.82, 2.24) is 5.32 Å². The molecule has 1 rings (SSSR count). The Morgan fingerprint density at radius 1 is 1.46 bits per heavy atom. The van der Waals surface area contributed by atoms with Gasteiger partial charge in [-0.1, -0.05) is 11.6 Å². The van der Waals surface area contributed by atoms with Gasteiger partial charge >= 0.3 is 0 Å². The molecule has 0 fully saturated rings. The first-order valence-corrected chi connectivity index (χ1v) is 5.41. The smallest absolute Gasteiger partial charge is 0.0950 e. The third-order valence-electron chi connectivity index (χ3n) is 1.65. The predicted octanol–water partition coefficient (Wildman–Crippen LogP) is 2.81. The molecule has 0 unspecified atom stereocenters. The molecule has 1 heterocycles. The van der Waals surface area contributed by atoms with Crippen LogP contribution < -0.4 is 10.6 Å². The summed E-state index contributed by atoms with van der Waals surface area (Å²) in [5, 5.41) is 7.67. The lowest BCUT2D eigenvalue weighted by Gasteiger charge is -2.26. The number of hydrogen-bond acceptors (Lipinski definition) is 3. The third-order valence-corrected chi connectivity index (χ3v) is 2.80. The van der Waals surface area contributed by atoms with Crippen LogP contribution in [0.5, 0.6) is 0 Å². The Morgan fingerprint density at radius 2 is 2.15 bits per heavy atom. The van der Waals surface area contributed by atoms with E-state index in [1.807, 2.05) is 19.2 Å². The zero-order valence-electron chi connectivity index (χ0n) is 8.15. The second-order valence-electron chi connectivity index (χ2n) is 3.64. The first kappa shape index (κ1) is 10.8. The van der Waals surface area contributed by atoms with Gasteiger partial charge in [-0.25, -0.2) is 0 Å². The first-order valence-electron chi connectivity index (χ1n) is 4.22. The topological polar surface area (TPSA) is 24.1 Å². The lowest BCUT2D eigenvalue weighted by molar-refractivity contribution is 0.532. The van der Waals surface area contributed by atoms with Gasteiger partial charge in [0.05, 0.1) is 9.34 Å². The SMILES string of the molecule is CNCC(C)(C)Nc1ccc(Cl)s1. The molecule has 0 aliphatic heterocycles. The van der Waals surface area contributed by atoms with Crippen molar-refractivity contribution in [2.45, 2.75) is 19.4 Å². The molecule has 2 N–H and O–H groups in total. The highest BCUT2D eigenvalue weighted by Crippen LogP contribution is 2.28. The van der Waals surface area contributed by atoms with Crippen LogP contribution in [0.1, 0.15) is 13.8 Å². The molecule has 0 bridgehead atoms. The molecular weight excluding hydrogens is 204 g/mol. The number of hydrogen-bond donors (Lipinski definition) is 2. The van der Waals surface area contributed by atoms with Crippen molar-refractivity contribution in [2.24, 2.45) is 0 Å². The van der Waals surface area contributed by atoms with Crippen LogP contribution in [0.4, 0.5) is 5.00 Å². The molecule has 0 aliphatic carbocycles. The van der Waals surface area contributed by atoms with Gasteiger partial charge in [-0.05, 0) is 33.0 Å². The average Bonchev–Trinajstić information content (AvgIpc) is 2.34. The standard InChI is InChI=1S/C9H15ClN2S/c1-9(2,6-11-3)12-8-5-4-7(10)13-8/h4-5,11-12H,6H2,1-3H3. The summed E-state index contributed by atoms with van der Waals surface area (Å²) in [7, 11) is 1.95. The number of likely N-dealkylation sites (N-methyl/N-ethyl adjacent to an activating group) is 1. The Labute approximate surface area is 88.3 Å². The maximum Gasteiger partial charge on any atom is 0.0950 e. The van der Waals surface area contributed by atoms with E-state index >= 15 is 0 Å². The van der Waals surface area contributed by atoms with Crippen LogP contribution in [-0.4, -0.2) is 19.1 Å². The van der Waals surface area contributed by atoms with Gasteiger partial charge in [-0.15, -0.1) is 11.3 Å². The molecule has 0 radical (unpaired) electrons. The van der Waals surface area contributed by atoms with E-state index in [-0.39, 0.29) is 5.54 Å². The molecule has 0 atom stereocenters. The summed E-state index contributed by atoms with van der Waals surface area (Å²) in [4.78, 5) is 0. The van der Waals surface area contributed by atoms with Gasteiger partial charge in [-0.2, -0.15) is 0 Å². The molecule has 4 heteroatoms. The monoisotopic (exact) mass is 218 g/mol. The minimum Gasteiger partial charge on any atom is -0.371 e. The second kappa shape index (κ2) is 4.31. The van der Waals surface area contributed by atoms with E-state index in [1.165, 1.54) is 0 Å². The van der Waals surface area contributed by atoms with Crippen LogP contribution >= 0.6 is 22.9 Å². The van der Waals surface area contributed by atoms with Gasteiger partial charge in [0.25, 0.3) is 0 Å². The zero-order chi connectivity index (χ0) is 9.90. The van der Waals surface area contributed by atoms with E-state index in [2.05, 4.69) is 24.5 Å². The van der Waals surface area contributed by atoms with Crippen LogP contribution in [0, 0.1) is 0 Å². The Bertz CT molecular complexity index is 270. The highest BCUT2D eigenvalue weighted by Gasteiger charge is 2.16. The van der Waals surface area contributed by atoms with E-state index in [4.69, 9.17) is 11.6 Å². The Morgan fingerprint density at radius 3 is 2.62 bits per heavy atom. The number of halogens is 1. The van der Waals surface area contributed by atoms with Crippen LogP contribution in [-0.2, 0) is 0 Å². The summed E-state index contributed by atoms with van der Waals surface area (Å²) >= 11 is 7.40. The van der Waals surface area contributed by atoms with Gasteiger partial charge in [0.15, 0.2) is 0 Å². The van der Waals surface area contributed by atoms with Crippen molar-refractivity contribution in [3.63, 3.8) is 0 Å². The maximum absolute atomic E-state index is 5.83. The first-order chi connectivity index (χ1) is 6.03. The molecule has 0 aromatic carbocycles. The van der Waals surface area contributed by atoms with E-state index in [0.717, 1.165) is 15.9 Å². The summed E-state index contributed by atoms with van der Waals surface area (Å²) in [5.41, 5.74) is 0.0585. The largest absolute Gasteiger partial charge is 0.371 e. The Balaban J connectivity index is 2.57. The Hall–Kier alpha value is -0.250. The molecule has 2 nitrogen and oxygen atoms in total. The minimum atomic E-state index is 0.0585. The molecule has 1 aromatic rings. The number of anilines is 1. The van der Waals surface area contributed by atoms with Crippen LogP contribution in [0.25, 0.3) is 0 Å². The van der Waals surface area contributed by atoms with E-state index < -0.39 is 0 Å². The molecule has 1 aromatic heterocycles. The van der Waals surface area contributed by atoms with Gasteiger partial charge in [-0.3, -0.25) is 0 Å². The molecule has 0 saturated heterocycles. The summed E-state index contributed by atoms with van der Waals surface area (Å²) in [5.74, 6) is 0. The summed E-state index contributed by atoms with van der Waals surface area (Å²) in [6.45, 7) is 5.22. The van der Waals surface area contributed by atoms with E-state index in [0.29, 0.717) is 0 Å². The summed E-state index contributed by atoms with van der Waals surface area (Å²) < 4.78 is 0.822. The molecular formula is C9H15ClN2S. The highest BCUT2D eigenvalue weighted by molar-refractivity contribution is 7.19. The molecule has 0 spiro atoms. The van der Waals surface area contributed by atoms with Crippen molar-refractivity contribution in [3.05, 3.63) is 16.5 Å². The molecule has 74 valence electrons. The number of nitrogens with one attached hydrogen (secondary N) is 2. The minimum absolute atomic E-state index is 0.0585. The van der Waals surface area contributed by atoms with Crippen molar-refractivity contribution in [2.75, 3.05) is 18.9 Å². The lowest BCUT2D eigenvalue weighted by Crippen LogP contribution is -2.40. The highest BCUT2D eigenvalue weighted by atomic mass is 35.5. The zero-order valence-corrected chi connectivity index (χ0v) is 9.72. The lowest BCUT2D eigenvalue weighted by atomic mass is 10.1. The summed E-state index contributed by atoms with van der Waals surface area (Å²) in [6.07, 6.45) is 0. The molecule has 0 saturated carbocycles. The van der Waals surface area contributed by atoms with E-state index in [1.54, 1.807) is 11.3 Å². The van der Waals surface area contributed by atoms with Gasteiger partial charge in [0.1, 0.15) is 0 Å². The van der Waals surface area contributed by atoms with Crippen LogP contribution in [0.2, 0.25) is 4.34 Å². The molecule has 0 amide bonds. The maximum atomic E-state index is 5.83. The number of thiophene rings is 1. The second-order valence-corrected chi connectivity index (χ2v) is 5.36. The van der Waals surface area contributed by atoms with Gasteiger partial charge < -0.3 is 10.6 Å². The fourth-order valence-corrected chi connectivity index (χ4v) is 2.32. The predicted molar refractivity (Wildman–Crippen MR) is 61.0 cm³/mol. The third kappa shape index (κ3) is 3.55. The van der Waals surface area contributed by atoms with Crippen LogP contribution in [0.3, 0.4) is 0 Å². The fraction of sp³-hybridized carbons (Fsp3) is 0.556. The molecule has 0 aliphatic rings. The van der Waals surface area contributed by atoms with Crippen molar-refractivity contribution in [3.8, 4) is 0 Å². The fourth-order valence-electron chi connectivity index (χ4n) is 1.20. The van der Waals surface area contributed by atoms with Gasteiger partial charge in [0.2, 0.25) is 0 Å². The van der Waals surface area contributed by atoms with Crippen molar-refractivity contribution >= 4 is 27.9 Å². The van der Waals surface area contributed by atoms with Gasteiger partial charge in [0, 0.05) is 12.1 Å². The summed E-state index contributed by atoms with van der Waals surface area (Å²) in [6, 6.07) is 3.91. The van der Waals surface area contributed by atoms with E-state index in [9.17, 15) is 0 Å². The van der Waals surface area contributed by atoms with Crippen LogP contribution in [0.15, 0.2) is 12.1 Å². The number of rotatable bonds is 4. The van der Waals surface area contributed by atoms with Crippen molar-refractivity contribution < 1.29 is 0 Å².